The van der Waals surface area contributed by atoms with Gasteiger partial charge in [0, 0.05) is 77.2 Å². The van der Waals surface area contributed by atoms with Crippen molar-refractivity contribution in [3.05, 3.63) is 87.8 Å². The summed E-state index contributed by atoms with van der Waals surface area (Å²) in [6.45, 7) is 23.9. The van der Waals surface area contributed by atoms with Crippen LogP contribution in [0.4, 0.5) is 11.4 Å². The Bertz CT molecular complexity index is 1580. The highest BCUT2D eigenvalue weighted by molar-refractivity contribution is 6.35. The summed E-state index contributed by atoms with van der Waals surface area (Å²) in [5.41, 5.74) is 14.5. The molecule has 4 aliphatic rings. The Morgan fingerprint density at radius 1 is 1.04 bits per heavy atom. The van der Waals surface area contributed by atoms with Crippen molar-refractivity contribution in [1.82, 2.24) is 10.6 Å². The summed E-state index contributed by atoms with van der Waals surface area (Å²) >= 11 is 7.55. The van der Waals surface area contributed by atoms with E-state index in [1.54, 1.807) is 5.56 Å². The molecule has 0 atom stereocenters. The molecule has 2 N–H and O–H groups in total. The molecule has 2 fully saturated rings. The molecule has 0 bridgehead atoms. The number of allylic oxidation sites excluding steroid dienone is 3. The van der Waals surface area contributed by atoms with E-state index in [1.165, 1.54) is 97.9 Å². The first-order valence-electron chi connectivity index (χ1n) is 18.4. The minimum Gasteiger partial charge on any atom is -0.381 e. The zero-order valence-electron chi connectivity index (χ0n) is 29.8. The number of nitrogens with one attached hydrogen (secondary N) is 2. The molecule has 5 heteroatoms. The van der Waals surface area contributed by atoms with E-state index < -0.39 is 0 Å². The van der Waals surface area contributed by atoms with Gasteiger partial charge in [0.05, 0.1) is 5.02 Å². The Balaban J connectivity index is 1.44. The highest BCUT2D eigenvalue weighted by Gasteiger charge is 2.43. The maximum Gasteiger partial charge on any atom is 0.0581 e. The normalized spacial score (nSPS) is 19.5. The van der Waals surface area contributed by atoms with Gasteiger partial charge in [-0.05, 0) is 106 Å². The maximum atomic E-state index is 7.55. The fourth-order valence-corrected chi connectivity index (χ4v) is 9.64. The van der Waals surface area contributed by atoms with Crippen LogP contribution in [0, 0.1) is 6.92 Å². The van der Waals surface area contributed by atoms with Gasteiger partial charge in [0.1, 0.15) is 0 Å². The molecule has 1 spiro atoms. The van der Waals surface area contributed by atoms with Gasteiger partial charge in [0.2, 0.25) is 0 Å². The average Bonchev–Trinajstić information content (AvgIpc) is 3.34. The molecule has 0 aromatic heterocycles. The lowest BCUT2D eigenvalue weighted by Crippen LogP contribution is -2.37. The average molecular weight is 653 g/mol. The molecule has 2 aliphatic heterocycles. The van der Waals surface area contributed by atoms with Crippen LogP contribution in [0.3, 0.4) is 0 Å². The lowest BCUT2D eigenvalue weighted by molar-refractivity contribution is 0.310. The van der Waals surface area contributed by atoms with Crippen molar-refractivity contribution in [3.8, 4) is 11.1 Å². The van der Waals surface area contributed by atoms with E-state index in [0.717, 1.165) is 59.3 Å². The van der Waals surface area contributed by atoms with Crippen LogP contribution >= 0.6 is 11.6 Å². The number of halogens is 1. The zero-order valence-corrected chi connectivity index (χ0v) is 30.5. The molecule has 0 unspecified atom stereocenters. The summed E-state index contributed by atoms with van der Waals surface area (Å²) in [7, 11) is 0. The summed E-state index contributed by atoms with van der Waals surface area (Å²) in [6, 6.07) is 10.2. The number of dihydropyridines is 1. The highest BCUT2D eigenvalue weighted by atomic mass is 35.5. The van der Waals surface area contributed by atoms with E-state index in [2.05, 4.69) is 98.6 Å². The Morgan fingerprint density at radius 2 is 1.77 bits per heavy atom. The Labute approximate surface area is 290 Å². The minimum absolute atomic E-state index is 0.311. The summed E-state index contributed by atoms with van der Waals surface area (Å²) in [6.07, 6.45) is 16.5. The quantitative estimate of drug-likeness (QED) is 0.267. The predicted molar refractivity (Wildman–Crippen MR) is 205 cm³/mol. The molecule has 252 valence electrons. The maximum absolute atomic E-state index is 7.55. The predicted octanol–water partition coefficient (Wildman–Crippen LogP) is 10.8. The molecule has 2 aromatic carbocycles. The fraction of sp³-hybridized carbons (Fsp3) is 0.524. The van der Waals surface area contributed by atoms with Crippen LogP contribution in [0.1, 0.15) is 115 Å². The SMILES string of the molecule is C=C1NC(C)=CC(C)=C1CNC(=C)c1c(C)c(N(CC)C2CCCCC2)cc(-c2ccc3c(c2)N(CCC)CC32CCCCC2)c1Cl. The van der Waals surface area contributed by atoms with Gasteiger partial charge in [-0.3, -0.25) is 0 Å². The first-order chi connectivity index (χ1) is 22.7. The Hall–Kier alpha value is -3.11. The van der Waals surface area contributed by atoms with Gasteiger partial charge < -0.3 is 20.4 Å². The van der Waals surface area contributed by atoms with E-state index in [0.29, 0.717) is 18.0 Å². The second-order valence-electron chi connectivity index (χ2n) is 14.8. The van der Waals surface area contributed by atoms with Crippen molar-refractivity contribution in [2.45, 2.75) is 117 Å². The third-order valence-corrected chi connectivity index (χ3v) is 12.0. The highest BCUT2D eigenvalue weighted by Crippen LogP contribution is 2.51. The molecule has 4 nitrogen and oxygen atoms in total. The number of hydrogen-bond donors (Lipinski definition) is 2. The number of benzene rings is 2. The largest absolute Gasteiger partial charge is 0.381 e. The third-order valence-electron chi connectivity index (χ3n) is 11.6. The van der Waals surface area contributed by atoms with Crippen molar-refractivity contribution in [3.63, 3.8) is 0 Å². The molecule has 2 saturated carbocycles. The van der Waals surface area contributed by atoms with Crippen molar-refractivity contribution in [2.75, 3.05) is 36.0 Å². The van der Waals surface area contributed by atoms with E-state index in [9.17, 15) is 0 Å². The van der Waals surface area contributed by atoms with Crippen LogP contribution in [-0.4, -0.2) is 32.2 Å². The lowest BCUT2D eigenvalue weighted by Gasteiger charge is -2.37. The Kier molecular flexibility index (Phi) is 10.2. The second kappa shape index (κ2) is 14.2. The van der Waals surface area contributed by atoms with Crippen LogP contribution in [0.2, 0.25) is 5.02 Å². The van der Waals surface area contributed by atoms with E-state index in [-0.39, 0.29) is 0 Å². The topological polar surface area (TPSA) is 30.5 Å². The van der Waals surface area contributed by atoms with Gasteiger partial charge in [-0.25, -0.2) is 0 Å². The van der Waals surface area contributed by atoms with Gasteiger partial charge in [0.25, 0.3) is 0 Å². The number of anilines is 2. The van der Waals surface area contributed by atoms with E-state index >= 15 is 0 Å². The molecule has 2 aromatic rings. The first kappa shape index (κ1) is 33.8. The number of rotatable bonds is 10. The summed E-state index contributed by atoms with van der Waals surface area (Å²) in [5.74, 6) is 0. The van der Waals surface area contributed by atoms with Crippen LogP contribution < -0.4 is 20.4 Å². The smallest absolute Gasteiger partial charge is 0.0581 e. The van der Waals surface area contributed by atoms with Crippen LogP contribution in [0.25, 0.3) is 16.8 Å². The molecule has 47 heavy (non-hydrogen) atoms. The fourth-order valence-electron chi connectivity index (χ4n) is 9.22. The second-order valence-corrected chi connectivity index (χ2v) is 15.1. The van der Waals surface area contributed by atoms with Crippen LogP contribution in [0.5, 0.6) is 0 Å². The van der Waals surface area contributed by atoms with Crippen molar-refractivity contribution in [2.24, 2.45) is 0 Å². The molecular weight excluding hydrogens is 596 g/mol. The van der Waals surface area contributed by atoms with Crippen LogP contribution in [0.15, 0.2) is 66.0 Å². The monoisotopic (exact) mass is 652 g/mol. The number of fused-ring (bicyclic) bond motifs is 2. The van der Waals surface area contributed by atoms with Gasteiger partial charge in [-0.1, -0.05) is 82.3 Å². The standard InChI is InChI=1S/C42H57ClN4/c1-8-22-46-27-42(20-14-11-15-21-42)37-19-18-33(24-39(37)46)35-25-38(47(9-2)34-16-12-10-13-17-34)30(5)40(41(35)43)32(7)44-26-36-28(3)23-29(4)45-31(36)6/h18-19,23-25,34,44-45H,6-17,20-22,26-27H2,1-5H3. The Morgan fingerprint density at radius 3 is 2.45 bits per heavy atom. The van der Waals surface area contributed by atoms with Crippen LogP contribution in [-0.2, 0) is 5.41 Å². The lowest BCUT2D eigenvalue weighted by atomic mass is 9.70. The van der Waals surface area contributed by atoms with Gasteiger partial charge in [-0.15, -0.1) is 0 Å². The third kappa shape index (κ3) is 6.52. The molecule has 6 rings (SSSR count). The summed E-state index contributed by atoms with van der Waals surface area (Å²) in [5, 5.41) is 7.87. The molecule has 2 heterocycles. The molecule has 0 saturated heterocycles. The molecule has 0 radical (unpaired) electrons. The van der Waals surface area contributed by atoms with Gasteiger partial charge >= 0.3 is 0 Å². The van der Waals surface area contributed by atoms with Gasteiger partial charge in [-0.2, -0.15) is 0 Å². The number of nitrogens with zero attached hydrogens (tertiary/aromatic N) is 2. The molecular formula is C42H57ClN4. The van der Waals surface area contributed by atoms with E-state index in [4.69, 9.17) is 11.6 Å². The van der Waals surface area contributed by atoms with Crippen molar-refractivity contribution in [1.29, 1.82) is 0 Å². The molecule has 2 aliphatic carbocycles. The first-order valence-corrected chi connectivity index (χ1v) is 18.8. The van der Waals surface area contributed by atoms with Crippen molar-refractivity contribution >= 4 is 28.7 Å². The number of hydrogen-bond acceptors (Lipinski definition) is 4. The molecule has 0 amide bonds. The minimum atomic E-state index is 0.311. The van der Waals surface area contributed by atoms with Crippen molar-refractivity contribution < 1.29 is 0 Å². The summed E-state index contributed by atoms with van der Waals surface area (Å²) < 4.78 is 0. The van der Waals surface area contributed by atoms with Gasteiger partial charge in [0.15, 0.2) is 0 Å². The summed E-state index contributed by atoms with van der Waals surface area (Å²) in [4.78, 5) is 5.33. The zero-order chi connectivity index (χ0) is 33.3. The van der Waals surface area contributed by atoms with E-state index in [1.807, 2.05) is 0 Å².